The Balaban J connectivity index is 2.15. The van der Waals surface area contributed by atoms with Crippen molar-refractivity contribution in [2.24, 2.45) is 4.99 Å². The van der Waals surface area contributed by atoms with E-state index in [1.807, 2.05) is 14.0 Å². The standard InChI is InChI=1S/C15H33N5O/c1-5-21-12-6-7-17-15(16-3)18-13-14(2)20-10-8-19(4)9-11-20/h14H,5-13H2,1-4H3,(H2,16,17,18). The van der Waals surface area contributed by atoms with Gasteiger partial charge in [-0.25, -0.2) is 0 Å². The molecule has 0 aromatic heterocycles. The average Bonchev–Trinajstić information content (AvgIpc) is 2.50. The van der Waals surface area contributed by atoms with Crippen molar-refractivity contribution in [3.63, 3.8) is 0 Å². The summed E-state index contributed by atoms with van der Waals surface area (Å²) in [5.41, 5.74) is 0. The molecule has 124 valence electrons. The molecule has 1 aliphatic rings. The lowest BCUT2D eigenvalue weighted by atomic mass is 10.2. The van der Waals surface area contributed by atoms with Gasteiger partial charge >= 0.3 is 0 Å². The molecule has 1 unspecified atom stereocenters. The Kier molecular flexibility index (Phi) is 9.37. The highest BCUT2D eigenvalue weighted by atomic mass is 16.5. The third kappa shape index (κ3) is 7.64. The van der Waals surface area contributed by atoms with E-state index in [4.69, 9.17) is 4.74 Å². The van der Waals surface area contributed by atoms with Crippen LogP contribution in [0.2, 0.25) is 0 Å². The minimum atomic E-state index is 0.528. The summed E-state index contributed by atoms with van der Waals surface area (Å²) in [6.45, 7) is 12.3. The molecule has 1 saturated heterocycles. The molecule has 0 radical (unpaired) electrons. The van der Waals surface area contributed by atoms with Crippen LogP contribution in [0.3, 0.4) is 0 Å². The lowest BCUT2D eigenvalue weighted by molar-refractivity contribution is 0.120. The monoisotopic (exact) mass is 299 g/mol. The molecule has 1 heterocycles. The minimum absolute atomic E-state index is 0.528. The first kappa shape index (κ1) is 18.2. The van der Waals surface area contributed by atoms with Crippen molar-refractivity contribution in [2.75, 3.05) is 66.6 Å². The van der Waals surface area contributed by atoms with Gasteiger partial charge in [-0.3, -0.25) is 9.89 Å². The molecule has 2 N–H and O–H groups in total. The number of likely N-dealkylation sites (N-methyl/N-ethyl adjacent to an activating group) is 1. The first-order chi connectivity index (χ1) is 10.2. The Morgan fingerprint density at radius 3 is 2.57 bits per heavy atom. The van der Waals surface area contributed by atoms with E-state index in [9.17, 15) is 0 Å². The molecule has 1 fully saturated rings. The van der Waals surface area contributed by atoms with Gasteiger partial charge in [-0.05, 0) is 27.3 Å². The van der Waals surface area contributed by atoms with Gasteiger partial charge in [0, 0.05) is 65.6 Å². The number of ether oxygens (including phenoxy) is 1. The summed E-state index contributed by atoms with van der Waals surface area (Å²) < 4.78 is 5.32. The van der Waals surface area contributed by atoms with Crippen LogP contribution in [0.5, 0.6) is 0 Å². The lowest BCUT2D eigenvalue weighted by Gasteiger charge is -2.36. The molecule has 0 saturated carbocycles. The highest BCUT2D eigenvalue weighted by Crippen LogP contribution is 2.03. The van der Waals surface area contributed by atoms with E-state index in [0.29, 0.717) is 6.04 Å². The molecule has 0 spiro atoms. The minimum Gasteiger partial charge on any atom is -0.382 e. The molecule has 1 aliphatic heterocycles. The summed E-state index contributed by atoms with van der Waals surface area (Å²) in [4.78, 5) is 9.18. The zero-order chi connectivity index (χ0) is 15.5. The topological polar surface area (TPSA) is 52.1 Å². The number of guanidine groups is 1. The van der Waals surface area contributed by atoms with Gasteiger partial charge in [0.25, 0.3) is 0 Å². The van der Waals surface area contributed by atoms with Crippen LogP contribution >= 0.6 is 0 Å². The summed E-state index contributed by atoms with van der Waals surface area (Å²) >= 11 is 0. The molecule has 0 aromatic rings. The summed E-state index contributed by atoms with van der Waals surface area (Å²) in [6.07, 6.45) is 1.00. The predicted octanol–water partition coefficient (Wildman–Crippen LogP) is 0.214. The molecule has 0 aromatic carbocycles. The van der Waals surface area contributed by atoms with Gasteiger partial charge in [0.15, 0.2) is 5.96 Å². The van der Waals surface area contributed by atoms with Crippen LogP contribution in [0.1, 0.15) is 20.3 Å². The van der Waals surface area contributed by atoms with Gasteiger partial charge in [-0.1, -0.05) is 0 Å². The van der Waals surface area contributed by atoms with E-state index in [0.717, 1.165) is 64.9 Å². The summed E-state index contributed by atoms with van der Waals surface area (Å²) in [7, 11) is 4.01. The van der Waals surface area contributed by atoms with Crippen molar-refractivity contribution in [2.45, 2.75) is 26.3 Å². The molecule has 21 heavy (non-hydrogen) atoms. The van der Waals surface area contributed by atoms with Crippen LogP contribution in [0, 0.1) is 0 Å². The van der Waals surface area contributed by atoms with Gasteiger partial charge < -0.3 is 20.3 Å². The average molecular weight is 299 g/mol. The molecule has 0 aliphatic carbocycles. The second-order valence-corrected chi connectivity index (χ2v) is 5.62. The molecule has 6 heteroatoms. The number of hydrogen-bond donors (Lipinski definition) is 2. The Hall–Kier alpha value is -0.850. The third-order valence-corrected chi connectivity index (χ3v) is 3.91. The highest BCUT2D eigenvalue weighted by Gasteiger charge is 2.18. The van der Waals surface area contributed by atoms with Crippen LogP contribution in [-0.2, 0) is 4.74 Å². The smallest absolute Gasteiger partial charge is 0.191 e. The Labute approximate surface area is 129 Å². The van der Waals surface area contributed by atoms with Gasteiger partial charge in [-0.15, -0.1) is 0 Å². The van der Waals surface area contributed by atoms with Crippen LogP contribution < -0.4 is 10.6 Å². The first-order valence-corrected chi connectivity index (χ1v) is 8.12. The van der Waals surface area contributed by atoms with Gasteiger partial charge in [0.2, 0.25) is 0 Å². The second-order valence-electron chi connectivity index (χ2n) is 5.62. The fraction of sp³-hybridized carbons (Fsp3) is 0.933. The predicted molar refractivity (Wildman–Crippen MR) is 89.0 cm³/mol. The first-order valence-electron chi connectivity index (χ1n) is 8.12. The summed E-state index contributed by atoms with van der Waals surface area (Å²) in [5, 5.41) is 6.74. The normalized spacial score (nSPS) is 19.5. The van der Waals surface area contributed by atoms with Crippen LogP contribution in [-0.4, -0.2) is 88.4 Å². The van der Waals surface area contributed by atoms with Crippen molar-refractivity contribution in [3.05, 3.63) is 0 Å². The SMILES string of the molecule is CCOCCCNC(=NC)NCC(C)N1CCN(C)CC1. The van der Waals surface area contributed by atoms with E-state index >= 15 is 0 Å². The number of nitrogens with one attached hydrogen (secondary N) is 2. The van der Waals surface area contributed by atoms with Crippen molar-refractivity contribution < 1.29 is 4.74 Å². The van der Waals surface area contributed by atoms with Gasteiger partial charge in [0.1, 0.15) is 0 Å². The fourth-order valence-corrected chi connectivity index (χ4v) is 2.38. The molecule has 6 nitrogen and oxygen atoms in total. The Morgan fingerprint density at radius 2 is 1.95 bits per heavy atom. The largest absolute Gasteiger partial charge is 0.382 e. The number of aliphatic imine (C=N–C) groups is 1. The quantitative estimate of drug-likeness (QED) is 0.381. The molecule has 1 atom stereocenters. The zero-order valence-corrected chi connectivity index (χ0v) is 14.2. The molecular formula is C15H33N5O. The van der Waals surface area contributed by atoms with E-state index in [2.05, 4.69) is 39.4 Å². The maximum Gasteiger partial charge on any atom is 0.191 e. The number of nitrogens with zero attached hydrogens (tertiary/aromatic N) is 3. The van der Waals surface area contributed by atoms with Gasteiger partial charge in [0.05, 0.1) is 0 Å². The fourth-order valence-electron chi connectivity index (χ4n) is 2.38. The molecular weight excluding hydrogens is 266 g/mol. The van der Waals surface area contributed by atoms with Crippen molar-refractivity contribution in [1.29, 1.82) is 0 Å². The Morgan fingerprint density at radius 1 is 1.24 bits per heavy atom. The van der Waals surface area contributed by atoms with Crippen LogP contribution in [0.25, 0.3) is 0 Å². The zero-order valence-electron chi connectivity index (χ0n) is 14.2. The maximum atomic E-state index is 5.32. The molecule has 0 amide bonds. The summed E-state index contributed by atoms with van der Waals surface area (Å²) in [6, 6.07) is 0.528. The maximum absolute atomic E-state index is 5.32. The van der Waals surface area contributed by atoms with E-state index in [1.165, 1.54) is 0 Å². The van der Waals surface area contributed by atoms with Crippen LogP contribution in [0.4, 0.5) is 0 Å². The number of hydrogen-bond acceptors (Lipinski definition) is 4. The van der Waals surface area contributed by atoms with Gasteiger partial charge in [-0.2, -0.15) is 0 Å². The van der Waals surface area contributed by atoms with Crippen molar-refractivity contribution in [1.82, 2.24) is 20.4 Å². The number of piperazine rings is 1. The van der Waals surface area contributed by atoms with E-state index in [1.54, 1.807) is 0 Å². The summed E-state index contributed by atoms with van der Waals surface area (Å²) in [5.74, 6) is 0.882. The second kappa shape index (κ2) is 10.8. The van der Waals surface area contributed by atoms with E-state index in [-0.39, 0.29) is 0 Å². The molecule has 1 rings (SSSR count). The van der Waals surface area contributed by atoms with Crippen LogP contribution in [0.15, 0.2) is 4.99 Å². The highest BCUT2D eigenvalue weighted by molar-refractivity contribution is 5.79. The van der Waals surface area contributed by atoms with Crippen molar-refractivity contribution in [3.8, 4) is 0 Å². The third-order valence-electron chi connectivity index (χ3n) is 3.91. The molecule has 0 bridgehead atoms. The number of rotatable bonds is 8. The van der Waals surface area contributed by atoms with E-state index < -0.39 is 0 Å². The Bertz CT molecular complexity index is 290. The lowest BCUT2D eigenvalue weighted by Crippen LogP contribution is -2.52. The van der Waals surface area contributed by atoms with Crippen molar-refractivity contribution >= 4 is 5.96 Å².